The van der Waals surface area contributed by atoms with Gasteiger partial charge in [-0.15, -0.1) is 0 Å². The lowest BCUT2D eigenvalue weighted by Crippen LogP contribution is -3.00. The summed E-state index contributed by atoms with van der Waals surface area (Å²) in [5, 5.41) is 20.2. The third-order valence-electron chi connectivity index (χ3n) is 7.87. The van der Waals surface area contributed by atoms with Crippen molar-refractivity contribution in [1.82, 2.24) is 0 Å². The van der Waals surface area contributed by atoms with E-state index in [1.54, 1.807) is 0 Å². The number of likely N-dealkylation sites (N-methyl/N-ethyl adjacent to an activating group) is 2. The van der Waals surface area contributed by atoms with Crippen LogP contribution in [0.3, 0.4) is 0 Å². The molecule has 0 fully saturated rings. The van der Waals surface area contributed by atoms with Crippen molar-refractivity contribution in [2.75, 3.05) is 68.6 Å². The van der Waals surface area contributed by atoms with Crippen LogP contribution in [-0.4, -0.2) is 117 Å². The van der Waals surface area contributed by atoms with Crippen LogP contribution in [0.4, 0.5) is 0 Å². The van der Waals surface area contributed by atoms with E-state index in [1.165, 1.54) is 0 Å². The standard InChI is InChI=1S/2C21H28NO3.2ClH.H2O/c2*1-15-11-18(20(24)17-9-7-6-8-10-17)12-16(2)21(15)25-14-19(23)13-22(3,4)5;;;/h2*6-12,19,23H,13-14H2,1-5H3;2*1H;1H2/q2*+1;;;/p-2. The van der Waals surface area contributed by atoms with Gasteiger partial charge in [0, 0.05) is 22.3 Å². The second-order valence-electron chi connectivity index (χ2n) is 15.1. The molecule has 0 bridgehead atoms. The van der Waals surface area contributed by atoms with Gasteiger partial charge in [-0.1, -0.05) is 60.7 Å². The van der Waals surface area contributed by atoms with Gasteiger partial charge in [-0.05, 0) is 74.2 Å². The molecule has 2 atom stereocenters. The first-order chi connectivity index (χ1) is 23.3. The van der Waals surface area contributed by atoms with Gasteiger partial charge in [0.05, 0.1) is 42.3 Å². The smallest absolute Gasteiger partial charge is 0.193 e. The van der Waals surface area contributed by atoms with Crippen molar-refractivity contribution in [2.24, 2.45) is 0 Å². The SMILES string of the molecule is Cc1cc(C(=O)c2ccccc2)cc(C)c1OCC(O)C[N+](C)(C)C.Cc1cc(C(=O)c2ccccc2)cc(C)c1OCC(O)C[N+](C)(C)C.O.[Cl-].[Cl-]. The van der Waals surface area contributed by atoms with Crippen LogP contribution in [0.25, 0.3) is 0 Å². The summed E-state index contributed by atoms with van der Waals surface area (Å²) < 4.78 is 13.0. The molecule has 9 nitrogen and oxygen atoms in total. The summed E-state index contributed by atoms with van der Waals surface area (Å²) in [6.45, 7) is 9.41. The highest BCUT2D eigenvalue weighted by Crippen LogP contribution is 2.28. The summed E-state index contributed by atoms with van der Waals surface area (Å²) in [5.74, 6) is 1.49. The number of aryl methyl sites for hydroxylation is 4. The maximum absolute atomic E-state index is 12.6. The van der Waals surface area contributed by atoms with E-state index < -0.39 is 12.2 Å². The molecule has 0 saturated heterocycles. The molecule has 0 aliphatic carbocycles. The van der Waals surface area contributed by atoms with Crippen molar-refractivity contribution in [3.63, 3.8) is 0 Å². The molecule has 0 aliphatic heterocycles. The zero-order valence-corrected chi connectivity index (χ0v) is 34.3. The van der Waals surface area contributed by atoms with Crippen LogP contribution < -0.4 is 34.3 Å². The summed E-state index contributed by atoms with van der Waals surface area (Å²) in [6.07, 6.45) is -1.08. The van der Waals surface area contributed by atoms with Crippen LogP contribution in [0.1, 0.15) is 54.1 Å². The minimum atomic E-state index is -0.538. The lowest BCUT2D eigenvalue weighted by molar-refractivity contribution is -0.873. The van der Waals surface area contributed by atoms with Crippen LogP contribution in [0, 0.1) is 27.7 Å². The number of ether oxygens (including phenoxy) is 2. The number of hydrogen-bond donors (Lipinski definition) is 2. The van der Waals surface area contributed by atoms with E-state index in [1.807, 2.05) is 155 Å². The molecule has 0 amide bonds. The Bertz CT molecular complexity index is 1560. The van der Waals surface area contributed by atoms with Crippen LogP contribution in [-0.2, 0) is 0 Å². The number of carbonyl (C=O) groups is 2. The number of rotatable bonds is 14. The Balaban J connectivity index is 0.000000966. The second-order valence-corrected chi connectivity index (χ2v) is 15.1. The number of carbonyl (C=O) groups excluding carboxylic acids is 2. The van der Waals surface area contributed by atoms with E-state index in [9.17, 15) is 19.8 Å². The highest BCUT2D eigenvalue weighted by atomic mass is 35.5. The molecule has 11 heteroatoms. The van der Waals surface area contributed by atoms with Gasteiger partial charge in [0.15, 0.2) is 11.6 Å². The molecule has 0 aliphatic rings. The van der Waals surface area contributed by atoms with Crippen molar-refractivity contribution in [1.29, 1.82) is 0 Å². The third-order valence-corrected chi connectivity index (χ3v) is 7.87. The lowest BCUT2D eigenvalue weighted by Gasteiger charge is -2.27. The van der Waals surface area contributed by atoms with Crippen LogP contribution >= 0.6 is 0 Å². The summed E-state index contributed by atoms with van der Waals surface area (Å²) in [7, 11) is 12.2. The lowest BCUT2D eigenvalue weighted by atomic mass is 9.98. The van der Waals surface area contributed by atoms with E-state index in [-0.39, 0.29) is 55.1 Å². The number of benzene rings is 4. The largest absolute Gasteiger partial charge is 1.00 e. The van der Waals surface area contributed by atoms with Crippen LogP contribution in [0.5, 0.6) is 11.5 Å². The quantitative estimate of drug-likeness (QED) is 0.127. The molecule has 4 rings (SSSR count). The topological polar surface area (TPSA) is 125 Å². The first-order valence-corrected chi connectivity index (χ1v) is 17.0. The number of halogens is 2. The normalized spacial score (nSPS) is 12.0. The number of hydrogen-bond acceptors (Lipinski definition) is 6. The Morgan fingerprint density at radius 3 is 1.04 bits per heavy atom. The van der Waals surface area contributed by atoms with Gasteiger partial charge in [-0.25, -0.2) is 0 Å². The number of ketones is 2. The zero-order valence-electron chi connectivity index (χ0n) is 32.7. The Kier molecular flexibility index (Phi) is 20.2. The van der Waals surface area contributed by atoms with Gasteiger partial charge in [-0.3, -0.25) is 9.59 Å². The van der Waals surface area contributed by atoms with Gasteiger partial charge in [-0.2, -0.15) is 0 Å². The van der Waals surface area contributed by atoms with Crippen LogP contribution in [0.2, 0.25) is 0 Å². The molecular formula is C42H58Cl2N2O7. The van der Waals surface area contributed by atoms with Gasteiger partial charge in [0.1, 0.15) is 50.0 Å². The van der Waals surface area contributed by atoms with E-state index in [0.29, 0.717) is 44.3 Å². The van der Waals surface area contributed by atoms with E-state index in [2.05, 4.69) is 0 Å². The zero-order chi connectivity index (χ0) is 37.2. The van der Waals surface area contributed by atoms with E-state index >= 15 is 0 Å². The number of aliphatic hydroxyl groups excluding tert-OH is 2. The fourth-order valence-electron chi connectivity index (χ4n) is 5.86. The van der Waals surface area contributed by atoms with Gasteiger partial charge in [0.2, 0.25) is 0 Å². The van der Waals surface area contributed by atoms with Gasteiger partial charge < -0.3 is 58.9 Å². The summed E-state index contributed by atoms with van der Waals surface area (Å²) in [5.41, 5.74) is 6.25. The van der Waals surface area contributed by atoms with E-state index in [0.717, 1.165) is 33.8 Å². The van der Waals surface area contributed by atoms with Gasteiger partial charge >= 0.3 is 0 Å². The molecule has 0 spiro atoms. The summed E-state index contributed by atoms with van der Waals surface area (Å²) >= 11 is 0. The predicted molar refractivity (Wildman–Crippen MR) is 204 cm³/mol. The van der Waals surface area contributed by atoms with Crippen molar-refractivity contribution in [3.05, 3.63) is 129 Å². The third kappa shape index (κ3) is 16.0. The monoisotopic (exact) mass is 772 g/mol. The molecule has 4 aromatic carbocycles. The minimum absolute atomic E-state index is 0. The summed E-state index contributed by atoms with van der Waals surface area (Å²) in [4.78, 5) is 25.2. The molecule has 4 aromatic rings. The molecular weight excluding hydrogens is 715 g/mol. The molecule has 0 radical (unpaired) electrons. The van der Waals surface area contributed by atoms with Crippen molar-refractivity contribution < 1.29 is 68.5 Å². The molecule has 0 saturated carbocycles. The van der Waals surface area contributed by atoms with Crippen molar-refractivity contribution in [2.45, 2.75) is 39.9 Å². The fourth-order valence-corrected chi connectivity index (χ4v) is 5.86. The molecule has 2 unspecified atom stereocenters. The first-order valence-electron chi connectivity index (χ1n) is 17.0. The Hall–Kier alpha value is -3.80. The number of aliphatic hydroxyl groups is 2. The van der Waals surface area contributed by atoms with Gasteiger partial charge in [0.25, 0.3) is 0 Å². The second kappa shape index (κ2) is 21.8. The van der Waals surface area contributed by atoms with E-state index in [4.69, 9.17) is 9.47 Å². The summed E-state index contributed by atoms with van der Waals surface area (Å²) in [6, 6.07) is 25.9. The maximum atomic E-state index is 12.6. The van der Waals surface area contributed by atoms with Crippen molar-refractivity contribution in [3.8, 4) is 11.5 Å². The average molecular weight is 774 g/mol. The number of quaternary nitrogens is 2. The molecule has 292 valence electrons. The fraction of sp³-hybridized carbons (Fsp3) is 0.381. The van der Waals surface area contributed by atoms with Crippen LogP contribution in [0.15, 0.2) is 84.9 Å². The molecule has 4 N–H and O–H groups in total. The Morgan fingerprint density at radius 2 is 0.792 bits per heavy atom. The molecule has 53 heavy (non-hydrogen) atoms. The predicted octanol–water partition coefficient (Wildman–Crippen LogP) is -0.856. The average Bonchev–Trinajstić information content (AvgIpc) is 3.02. The van der Waals surface area contributed by atoms with Crippen molar-refractivity contribution >= 4 is 11.6 Å². The maximum Gasteiger partial charge on any atom is 0.193 e. The Morgan fingerprint density at radius 1 is 0.528 bits per heavy atom. The molecule has 0 aromatic heterocycles. The number of nitrogens with zero attached hydrogens (tertiary/aromatic N) is 2. The highest BCUT2D eigenvalue weighted by molar-refractivity contribution is 6.09. The highest BCUT2D eigenvalue weighted by Gasteiger charge is 2.20. The first kappa shape index (κ1) is 49.2. The Labute approximate surface area is 328 Å². The minimum Gasteiger partial charge on any atom is -1.00 e. The molecule has 0 heterocycles.